The van der Waals surface area contributed by atoms with Gasteiger partial charge in [0.25, 0.3) is 5.91 Å². The average Bonchev–Trinajstić information content (AvgIpc) is 3.62. The Labute approximate surface area is 188 Å². The van der Waals surface area contributed by atoms with Crippen molar-refractivity contribution in [3.8, 4) is 11.5 Å². The number of ether oxygens (including phenoxy) is 2. The maximum Gasteiger partial charge on any atom is 0.255 e. The number of aryl methyl sites for hydroxylation is 1. The molecule has 2 amide bonds. The van der Waals surface area contributed by atoms with Crippen molar-refractivity contribution in [2.45, 2.75) is 57.5 Å². The van der Waals surface area contributed by atoms with Gasteiger partial charge >= 0.3 is 0 Å². The molecule has 2 aliphatic rings. The molecule has 1 aromatic heterocycles. The fourth-order valence-corrected chi connectivity index (χ4v) is 4.21. The number of rotatable bonds is 7. The van der Waals surface area contributed by atoms with Gasteiger partial charge in [-0.15, -0.1) is 0 Å². The minimum atomic E-state index is -0.255. The molecule has 0 spiro atoms. The van der Waals surface area contributed by atoms with Gasteiger partial charge in [0.1, 0.15) is 17.3 Å². The quantitative estimate of drug-likeness (QED) is 0.714. The minimum absolute atomic E-state index is 0.0222. The Morgan fingerprint density at radius 2 is 1.97 bits per heavy atom. The van der Waals surface area contributed by atoms with Gasteiger partial charge in [-0.05, 0) is 57.2 Å². The second kappa shape index (κ2) is 9.54. The monoisotopic (exact) mass is 438 g/mol. The number of methoxy groups -OCH3 is 2. The third-order valence-electron chi connectivity index (χ3n) is 6.06. The highest BCUT2D eigenvalue weighted by Gasteiger charge is 2.34. The largest absolute Gasteiger partial charge is 0.497 e. The van der Waals surface area contributed by atoms with Gasteiger partial charge in [-0.1, -0.05) is 0 Å². The van der Waals surface area contributed by atoms with Crippen LogP contribution in [-0.2, 0) is 11.2 Å². The van der Waals surface area contributed by atoms with E-state index in [0.717, 1.165) is 37.7 Å². The molecule has 0 radical (unpaired) electrons. The lowest BCUT2D eigenvalue weighted by Gasteiger charge is -2.36. The molecule has 2 aromatic rings. The molecule has 8 heteroatoms. The van der Waals surface area contributed by atoms with Crippen molar-refractivity contribution in [3.05, 3.63) is 47.0 Å². The average molecular weight is 439 g/mol. The zero-order valence-electron chi connectivity index (χ0n) is 18.9. The van der Waals surface area contributed by atoms with E-state index in [-0.39, 0.29) is 30.3 Å². The number of amides is 2. The van der Waals surface area contributed by atoms with Crippen LogP contribution in [0.4, 0.5) is 0 Å². The summed E-state index contributed by atoms with van der Waals surface area (Å²) in [6, 6.07) is 5.43. The summed E-state index contributed by atoms with van der Waals surface area (Å²) in [7, 11) is 3.19. The first-order valence-corrected chi connectivity index (χ1v) is 11.1. The Kier molecular flexibility index (Phi) is 6.58. The molecule has 1 aliphatic heterocycles. The van der Waals surface area contributed by atoms with Crippen molar-refractivity contribution in [3.63, 3.8) is 0 Å². The number of carbonyl (C=O) groups is 2. The van der Waals surface area contributed by atoms with Gasteiger partial charge < -0.3 is 19.7 Å². The number of likely N-dealkylation sites (tertiary alicyclic amines) is 1. The van der Waals surface area contributed by atoms with Crippen LogP contribution >= 0.6 is 0 Å². The molecule has 0 bridgehead atoms. The van der Waals surface area contributed by atoms with Gasteiger partial charge in [-0.3, -0.25) is 9.59 Å². The topological polar surface area (TPSA) is 93.7 Å². The molecule has 1 aliphatic carbocycles. The number of nitrogens with one attached hydrogen (secondary N) is 1. The van der Waals surface area contributed by atoms with Crippen LogP contribution in [0.5, 0.6) is 11.5 Å². The molecule has 170 valence electrons. The van der Waals surface area contributed by atoms with E-state index >= 15 is 0 Å². The van der Waals surface area contributed by atoms with Crippen LogP contribution in [-0.4, -0.2) is 53.5 Å². The second-order valence-electron chi connectivity index (χ2n) is 8.42. The van der Waals surface area contributed by atoms with E-state index < -0.39 is 0 Å². The lowest BCUT2D eigenvalue weighted by Crippen LogP contribution is -2.41. The van der Waals surface area contributed by atoms with Crippen LogP contribution in [0, 0.1) is 6.92 Å². The summed E-state index contributed by atoms with van der Waals surface area (Å²) in [4.78, 5) is 37.1. The highest BCUT2D eigenvalue weighted by molar-refractivity contribution is 5.95. The van der Waals surface area contributed by atoms with Crippen molar-refractivity contribution in [1.82, 2.24) is 20.2 Å². The van der Waals surface area contributed by atoms with Gasteiger partial charge in [0.15, 0.2) is 0 Å². The lowest BCUT2D eigenvalue weighted by molar-refractivity contribution is -0.134. The normalized spacial score (nSPS) is 18.2. The molecule has 1 saturated heterocycles. The minimum Gasteiger partial charge on any atom is -0.497 e. The number of hydrogen-bond acceptors (Lipinski definition) is 6. The number of nitrogens with zero attached hydrogens (tertiary/aromatic N) is 3. The number of piperidine rings is 1. The number of hydrogen-bond donors (Lipinski definition) is 1. The van der Waals surface area contributed by atoms with Crippen molar-refractivity contribution in [1.29, 1.82) is 0 Å². The van der Waals surface area contributed by atoms with Crippen molar-refractivity contribution in [2.75, 3.05) is 20.8 Å². The molecule has 1 saturated carbocycles. The number of aromatic nitrogens is 2. The van der Waals surface area contributed by atoms with Crippen LogP contribution in [0.15, 0.2) is 24.4 Å². The molecule has 1 atom stereocenters. The van der Waals surface area contributed by atoms with E-state index in [0.29, 0.717) is 35.1 Å². The first kappa shape index (κ1) is 22.0. The molecule has 0 unspecified atom stereocenters. The smallest absolute Gasteiger partial charge is 0.255 e. The predicted molar refractivity (Wildman–Crippen MR) is 119 cm³/mol. The van der Waals surface area contributed by atoms with E-state index in [1.165, 1.54) is 0 Å². The van der Waals surface area contributed by atoms with Gasteiger partial charge in [0.2, 0.25) is 5.91 Å². The third-order valence-corrected chi connectivity index (χ3v) is 6.06. The van der Waals surface area contributed by atoms with Crippen molar-refractivity contribution < 1.29 is 19.1 Å². The summed E-state index contributed by atoms with van der Waals surface area (Å²) in [5, 5.41) is 3.03. The highest BCUT2D eigenvalue weighted by atomic mass is 16.5. The molecule has 2 fully saturated rings. The second-order valence-corrected chi connectivity index (χ2v) is 8.42. The summed E-state index contributed by atoms with van der Waals surface area (Å²) < 4.78 is 10.8. The SMILES string of the molecule is COc1ccc(OC)c(CC(=O)N2CCCC[C@@H]2c2nc(C)ncc2C(=O)NC2CC2)c1. The van der Waals surface area contributed by atoms with Gasteiger partial charge in [0, 0.05) is 24.3 Å². The molecule has 32 heavy (non-hydrogen) atoms. The van der Waals surface area contributed by atoms with E-state index in [2.05, 4.69) is 15.3 Å². The van der Waals surface area contributed by atoms with Crippen LogP contribution in [0.25, 0.3) is 0 Å². The Bertz CT molecular complexity index is 1010. The zero-order valence-corrected chi connectivity index (χ0v) is 18.9. The number of benzene rings is 1. The van der Waals surface area contributed by atoms with Gasteiger partial charge in [-0.25, -0.2) is 9.97 Å². The van der Waals surface area contributed by atoms with Crippen molar-refractivity contribution >= 4 is 11.8 Å². The summed E-state index contributed by atoms with van der Waals surface area (Å²) >= 11 is 0. The predicted octanol–water partition coefficient (Wildman–Crippen LogP) is 2.99. The standard InChI is InChI=1S/C24H30N4O4/c1-15-25-14-19(24(30)27-17-7-8-17)23(26-15)20-6-4-5-11-28(20)22(29)13-16-12-18(31-2)9-10-21(16)32-3/h9-10,12,14,17,20H,4-8,11,13H2,1-3H3,(H,27,30)/t20-/m1/s1. The lowest BCUT2D eigenvalue weighted by atomic mass is 9.95. The first-order chi connectivity index (χ1) is 15.5. The Hall–Kier alpha value is -3.16. The molecular formula is C24H30N4O4. The fourth-order valence-electron chi connectivity index (χ4n) is 4.21. The fraction of sp³-hybridized carbons (Fsp3) is 0.500. The molecule has 8 nitrogen and oxygen atoms in total. The van der Waals surface area contributed by atoms with E-state index in [1.54, 1.807) is 20.4 Å². The summed E-state index contributed by atoms with van der Waals surface area (Å²) in [6.07, 6.45) is 6.45. The van der Waals surface area contributed by atoms with Gasteiger partial charge in [-0.2, -0.15) is 0 Å². The Morgan fingerprint density at radius 1 is 1.16 bits per heavy atom. The first-order valence-electron chi connectivity index (χ1n) is 11.1. The van der Waals surface area contributed by atoms with Crippen LogP contribution in [0.1, 0.15) is 65.6 Å². The van der Waals surface area contributed by atoms with Gasteiger partial charge in [0.05, 0.1) is 37.9 Å². The maximum atomic E-state index is 13.5. The van der Waals surface area contributed by atoms with E-state index in [4.69, 9.17) is 9.47 Å². The molecule has 1 aromatic carbocycles. The van der Waals surface area contributed by atoms with Crippen LogP contribution < -0.4 is 14.8 Å². The number of carbonyl (C=O) groups excluding carboxylic acids is 2. The maximum absolute atomic E-state index is 13.5. The Balaban J connectivity index is 1.62. The molecule has 2 heterocycles. The summed E-state index contributed by atoms with van der Waals surface area (Å²) in [6.45, 7) is 2.44. The van der Waals surface area contributed by atoms with Crippen LogP contribution in [0.3, 0.4) is 0 Å². The highest BCUT2D eigenvalue weighted by Crippen LogP contribution is 2.34. The Morgan fingerprint density at radius 3 is 2.69 bits per heavy atom. The van der Waals surface area contributed by atoms with E-state index in [1.807, 2.05) is 30.0 Å². The summed E-state index contributed by atoms with van der Waals surface area (Å²) in [5.41, 5.74) is 1.87. The molecular weight excluding hydrogens is 408 g/mol. The van der Waals surface area contributed by atoms with Crippen molar-refractivity contribution in [2.24, 2.45) is 0 Å². The third kappa shape index (κ3) is 4.84. The van der Waals surface area contributed by atoms with E-state index in [9.17, 15) is 9.59 Å². The molecule has 1 N–H and O–H groups in total. The summed E-state index contributed by atoms with van der Waals surface area (Å²) in [5.74, 6) is 1.74. The molecule has 4 rings (SSSR count). The zero-order chi connectivity index (χ0) is 22.7. The van der Waals surface area contributed by atoms with Crippen LogP contribution in [0.2, 0.25) is 0 Å².